The predicted molar refractivity (Wildman–Crippen MR) is 118 cm³/mol. The van der Waals surface area contributed by atoms with Crippen molar-refractivity contribution in [2.75, 3.05) is 4.90 Å². The number of amides is 2. The van der Waals surface area contributed by atoms with E-state index < -0.39 is 35.1 Å². The summed E-state index contributed by atoms with van der Waals surface area (Å²) in [6.07, 6.45) is 0. The van der Waals surface area contributed by atoms with Crippen molar-refractivity contribution in [3.05, 3.63) is 109 Å². The Morgan fingerprint density at radius 3 is 2.00 bits per heavy atom. The van der Waals surface area contributed by atoms with E-state index in [2.05, 4.69) is 0 Å². The fourth-order valence-electron chi connectivity index (χ4n) is 5.92. The maximum atomic E-state index is 13.8. The monoisotopic (exact) mass is 464 g/mol. The van der Waals surface area contributed by atoms with E-state index in [4.69, 9.17) is 23.2 Å². The van der Waals surface area contributed by atoms with Crippen LogP contribution in [0.25, 0.3) is 0 Å². The van der Waals surface area contributed by atoms with Crippen LogP contribution in [0.5, 0.6) is 0 Å². The number of anilines is 1. The molecule has 3 aromatic rings. The van der Waals surface area contributed by atoms with E-state index in [9.17, 15) is 19.7 Å². The SMILES string of the molecule is O=C1C2C3c4ccccc4C([N+](=O)[O-])(c4ccccc43)C2C(=O)N1c1ccc(Cl)c(Cl)c1. The Bertz CT molecular complexity index is 1320. The Balaban J connectivity index is 1.66. The van der Waals surface area contributed by atoms with Crippen molar-refractivity contribution in [2.45, 2.75) is 11.5 Å². The summed E-state index contributed by atoms with van der Waals surface area (Å²) in [7, 11) is 0. The molecular formula is C24H14Cl2N2O4. The lowest BCUT2D eigenvalue weighted by atomic mass is 9.51. The number of halogens is 2. The zero-order valence-corrected chi connectivity index (χ0v) is 17.9. The van der Waals surface area contributed by atoms with Gasteiger partial charge < -0.3 is 0 Å². The Morgan fingerprint density at radius 1 is 0.844 bits per heavy atom. The summed E-state index contributed by atoms with van der Waals surface area (Å²) in [6.45, 7) is 0. The van der Waals surface area contributed by atoms with Crippen LogP contribution in [-0.4, -0.2) is 16.7 Å². The van der Waals surface area contributed by atoms with E-state index in [-0.39, 0.29) is 20.7 Å². The van der Waals surface area contributed by atoms with Crippen LogP contribution in [0, 0.1) is 22.0 Å². The first-order valence-corrected chi connectivity index (χ1v) is 10.8. The number of carbonyl (C=O) groups is 2. The number of benzene rings is 3. The first kappa shape index (κ1) is 19.5. The fraction of sp³-hybridized carbons (Fsp3) is 0.167. The van der Waals surface area contributed by atoms with E-state index in [0.29, 0.717) is 11.1 Å². The Hall–Kier alpha value is -3.22. The molecule has 6 nitrogen and oxygen atoms in total. The third kappa shape index (κ3) is 2.11. The van der Waals surface area contributed by atoms with Crippen LogP contribution in [0.4, 0.5) is 5.69 Å². The Morgan fingerprint density at radius 2 is 1.44 bits per heavy atom. The van der Waals surface area contributed by atoms with Crippen molar-refractivity contribution < 1.29 is 14.5 Å². The molecule has 1 aliphatic heterocycles. The second kappa shape index (κ2) is 6.40. The summed E-state index contributed by atoms with van der Waals surface area (Å²) in [5, 5.41) is 13.4. The molecule has 32 heavy (non-hydrogen) atoms. The minimum atomic E-state index is -1.84. The second-order valence-electron chi connectivity index (χ2n) is 8.29. The first-order valence-electron chi connectivity index (χ1n) is 10.0. The molecule has 158 valence electrons. The van der Waals surface area contributed by atoms with E-state index in [1.54, 1.807) is 24.3 Å². The number of rotatable bonds is 2. The predicted octanol–water partition coefficient (Wildman–Crippen LogP) is 4.78. The minimum Gasteiger partial charge on any atom is -0.274 e. The molecule has 1 heterocycles. The quantitative estimate of drug-likeness (QED) is 0.310. The highest BCUT2D eigenvalue weighted by Crippen LogP contribution is 2.64. The van der Waals surface area contributed by atoms with Crippen molar-refractivity contribution >= 4 is 40.7 Å². The summed E-state index contributed by atoms with van der Waals surface area (Å²) >= 11 is 12.2. The highest BCUT2D eigenvalue weighted by molar-refractivity contribution is 6.42. The Labute approximate surface area is 192 Å². The van der Waals surface area contributed by atoms with Crippen molar-refractivity contribution in [1.29, 1.82) is 0 Å². The van der Waals surface area contributed by atoms with Gasteiger partial charge in [0.1, 0.15) is 5.92 Å². The van der Waals surface area contributed by atoms with Crippen LogP contribution in [0.15, 0.2) is 66.7 Å². The molecule has 0 spiro atoms. The molecule has 0 radical (unpaired) electrons. The molecule has 0 aromatic heterocycles. The topological polar surface area (TPSA) is 80.5 Å². The molecule has 8 heteroatoms. The van der Waals surface area contributed by atoms with Crippen LogP contribution in [-0.2, 0) is 15.1 Å². The maximum absolute atomic E-state index is 13.8. The van der Waals surface area contributed by atoms with Gasteiger partial charge in [-0.15, -0.1) is 0 Å². The van der Waals surface area contributed by atoms with Crippen LogP contribution < -0.4 is 4.90 Å². The smallest absolute Gasteiger partial charge is 0.274 e. The molecule has 3 aromatic carbocycles. The van der Waals surface area contributed by atoms with Crippen molar-refractivity contribution in [1.82, 2.24) is 0 Å². The highest BCUT2D eigenvalue weighted by atomic mass is 35.5. The van der Waals surface area contributed by atoms with Gasteiger partial charge in [-0.05, 0) is 29.3 Å². The zero-order chi connectivity index (χ0) is 22.4. The molecule has 2 bridgehead atoms. The number of hydrogen-bond donors (Lipinski definition) is 0. The minimum absolute atomic E-state index is 0.193. The lowest BCUT2D eigenvalue weighted by Crippen LogP contribution is -2.57. The van der Waals surface area contributed by atoms with Gasteiger partial charge in [-0.2, -0.15) is 0 Å². The molecule has 2 amide bonds. The summed E-state index contributed by atoms with van der Waals surface area (Å²) in [4.78, 5) is 41.1. The van der Waals surface area contributed by atoms with Gasteiger partial charge in [0.25, 0.3) is 5.54 Å². The second-order valence-corrected chi connectivity index (χ2v) is 9.10. The molecular weight excluding hydrogens is 451 g/mol. The third-order valence-corrected chi connectivity index (χ3v) is 7.76. The van der Waals surface area contributed by atoms with Crippen LogP contribution in [0.1, 0.15) is 28.2 Å². The summed E-state index contributed by atoms with van der Waals surface area (Å²) in [6, 6.07) is 18.6. The van der Waals surface area contributed by atoms with Crippen molar-refractivity contribution in [3.8, 4) is 0 Å². The standard InChI is InChI=1S/C24H14Cl2N2O4/c25-17-10-9-12(11-18(17)26)27-22(29)20-19-13-5-1-3-7-15(13)24(28(31)32,21(20)23(27)30)16-8-4-2-6-14(16)19/h1-11,19-21H. The molecule has 2 atom stereocenters. The van der Waals surface area contributed by atoms with Gasteiger partial charge in [0, 0.05) is 22.0 Å². The zero-order valence-electron chi connectivity index (χ0n) is 16.4. The van der Waals surface area contributed by atoms with E-state index >= 15 is 0 Å². The fourth-order valence-corrected chi connectivity index (χ4v) is 6.21. The number of imide groups is 1. The van der Waals surface area contributed by atoms with Gasteiger partial charge >= 0.3 is 0 Å². The van der Waals surface area contributed by atoms with Crippen molar-refractivity contribution in [3.63, 3.8) is 0 Å². The van der Waals surface area contributed by atoms with E-state index in [0.717, 1.165) is 16.0 Å². The summed E-state index contributed by atoms with van der Waals surface area (Å²) in [5.41, 5.74) is 0.821. The van der Waals surface area contributed by atoms with E-state index in [1.807, 2.05) is 24.3 Å². The molecule has 4 aliphatic rings. The van der Waals surface area contributed by atoms with Gasteiger partial charge in [0.05, 0.1) is 21.7 Å². The van der Waals surface area contributed by atoms with Gasteiger partial charge in [-0.25, -0.2) is 4.90 Å². The first-order chi connectivity index (χ1) is 15.4. The maximum Gasteiger partial charge on any atom is 0.285 e. The van der Waals surface area contributed by atoms with Crippen molar-refractivity contribution in [2.24, 2.45) is 11.8 Å². The number of hydrogen-bond acceptors (Lipinski definition) is 4. The van der Waals surface area contributed by atoms with E-state index in [1.165, 1.54) is 18.2 Å². The number of nitro groups is 1. The van der Waals surface area contributed by atoms with Crippen LogP contribution >= 0.6 is 23.2 Å². The lowest BCUT2D eigenvalue weighted by molar-refractivity contribution is -0.578. The van der Waals surface area contributed by atoms with Gasteiger partial charge in [-0.3, -0.25) is 19.7 Å². The van der Waals surface area contributed by atoms with Gasteiger partial charge in [0.2, 0.25) is 11.8 Å². The summed E-state index contributed by atoms with van der Waals surface area (Å²) in [5.74, 6) is -3.54. The van der Waals surface area contributed by atoms with Gasteiger partial charge in [0.15, 0.2) is 0 Å². The molecule has 0 N–H and O–H groups in total. The van der Waals surface area contributed by atoms with Crippen LogP contribution in [0.2, 0.25) is 10.0 Å². The molecule has 7 rings (SSSR count). The molecule has 3 aliphatic carbocycles. The average molecular weight is 465 g/mol. The number of nitrogens with zero attached hydrogens (tertiary/aromatic N) is 2. The van der Waals surface area contributed by atoms with Gasteiger partial charge in [-0.1, -0.05) is 71.7 Å². The molecule has 1 saturated heterocycles. The Kier molecular flexibility index (Phi) is 3.89. The number of carbonyl (C=O) groups excluding carboxylic acids is 2. The molecule has 1 fully saturated rings. The normalized spacial score (nSPS) is 27.2. The summed E-state index contributed by atoms with van der Waals surface area (Å²) < 4.78 is 0. The average Bonchev–Trinajstić information content (AvgIpc) is 3.06. The lowest BCUT2D eigenvalue weighted by Gasteiger charge is -2.48. The molecule has 0 saturated carbocycles. The van der Waals surface area contributed by atoms with Crippen LogP contribution in [0.3, 0.4) is 0 Å². The third-order valence-electron chi connectivity index (χ3n) is 7.02. The highest BCUT2D eigenvalue weighted by Gasteiger charge is 2.74. The largest absolute Gasteiger partial charge is 0.285 e. The molecule has 2 unspecified atom stereocenters.